The van der Waals surface area contributed by atoms with Gasteiger partial charge in [0.2, 0.25) is 0 Å². The molecule has 0 aromatic rings. The largest absolute Gasteiger partial charge is 0.396 e. The van der Waals surface area contributed by atoms with Gasteiger partial charge in [0.1, 0.15) is 6.61 Å². The molecule has 0 spiro atoms. The molecule has 0 aromatic carbocycles. The van der Waals surface area contributed by atoms with E-state index in [0.29, 0.717) is 13.2 Å². The normalized spacial score (nSPS) is 11.8. The van der Waals surface area contributed by atoms with E-state index in [2.05, 4.69) is 11.8 Å². The Kier molecular flexibility index (Phi) is 17.7. The number of unbranched alkanes of at least 4 members (excludes halogenated alkanes) is 1. The molecule has 0 saturated carbocycles. The summed E-state index contributed by atoms with van der Waals surface area (Å²) in [4.78, 5) is 3.73. The van der Waals surface area contributed by atoms with Crippen molar-refractivity contribution in [3.05, 3.63) is 0 Å². The van der Waals surface area contributed by atoms with Crippen molar-refractivity contribution in [1.29, 1.82) is 0 Å². The SMILES string of the molecule is CC(CO)OCCOO.CCCCO. The average molecular weight is 210 g/mol. The van der Waals surface area contributed by atoms with Crippen molar-refractivity contribution >= 4 is 0 Å². The molecule has 0 rings (SSSR count). The number of hydrogen-bond acceptors (Lipinski definition) is 5. The second kappa shape index (κ2) is 15.3. The Hall–Kier alpha value is -0.200. The summed E-state index contributed by atoms with van der Waals surface area (Å²) < 4.78 is 4.90. The molecular weight excluding hydrogens is 188 g/mol. The molecule has 0 aliphatic rings. The Labute approximate surface area is 85.2 Å². The first-order valence-corrected chi connectivity index (χ1v) is 4.82. The van der Waals surface area contributed by atoms with Gasteiger partial charge < -0.3 is 14.9 Å². The minimum absolute atomic E-state index is 0.00850. The van der Waals surface area contributed by atoms with Crippen molar-refractivity contribution in [1.82, 2.24) is 0 Å². The second-order valence-corrected chi connectivity index (χ2v) is 2.77. The van der Waals surface area contributed by atoms with E-state index < -0.39 is 0 Å². The summed E-state index contributed by atoms with van der Waals surface area (Å²) in [5.74, 6) is 0. The van der Waals surface area contributed by atoms with Crippen molar-refractivity contribution in [2.24, 2.45) is 0 Å². The number of aliphatic hydroxyl groups excluding tert-OH is 2. The molecule has 0 saturated heterocycles. The lowest BCUT2D eigenvalue weighted by atomic mass is 10.4. The quantitative estimate of drug-likeness (QED) is 0.327. The van der Waals surface area contributed by atoms with E-state index in [1.54, 1.807) is 6.92 Å². The fourth-order valence-corrected chi connectivity index (χ4v) is 0.497. The molecule has 5 heteroatoms. The maximum atomic E-state index is 8.41. The molecular formula is C9H22O5. The van der Waals surface area contributed by atoms with Gasteiger partial charge in [-0.05, 0) is 13.3 Å². The molecule has 5 nitrogen and oxygen atoms in total. The van der Waals surface area contributed by atoms with Crippen molar-refractivity contribution in [2.75, 3.05) is 26.4 Å². The van der Waals surface area contributed by atoms with E-state index in [9.17, 15) is 0 Å². The van der Waals surface area contributed by atoms with Crippen molar-refractivity contribution in [3.63, 3.8) is 0 Å². The highest BCUT2D eigenvalue weighted by atomic mass is 17.1. The molecule has 0 fully saturated rings. The molecule has 0 aliphatic carbocycles. The highest BCUT2D eigenvalue weighted by Crippen LogP contribution is 1.86. The van der Waals surface area contributed by atoms with Gasteiger partial charge in [-0.25, -0.2) is 4.89 Å². The van der Waals surface area contributed by atoms with Gasteiger partial charge in [0.15, 0.2) is 0 Å². The van der Waals surface area contributed by atoms with E-state index in [-0.39, 0.29) is 19.3 Å². The molecule has 0 aliphatic heterocycles. The van der Waals surface area contributed by atoms with Crippen LogP contribution in [-0.2, 0) is 9.62 Å². The molecule has 0 amide bonds. The van der Waals surface area contributed by atoms with Gasteiger partial charge >= 0.3 is 0 Å². The Morgan fingerprint density at radius 2 is 1.86 bits per heavy atom. The van der Waals surface area contributed by atoms with Crippen LogP contribution in [0.25, 0.3) is 0 Å². The Balaban J connectivity index is 0. The van der Waals surface area contributed by atoms with Crippen LogP contribution in [0.4, 0.5) is 0 Å². The van der Waals surface area contributed by atoms with Crippen LogP contribution >= 0.6 is 0 Å². The van der Waals surface area contributed by atoms with Gasteiger partial charge in [0, 0.05) is 6.61 Å². The van der Waals surface area contributed by atoms with Gasteiger partial charge in [-0.3, -0.25) is 5.26 Å². The fraction of sp³-hybridized carbons (Fsp3) is 1.00. The van der Waals surface area contributed by atoms with Crippen LogP contribution in [0.3, 0.4) is 0 Å². The summed E-state index contributed by atoms with van der Waals surface area (Å²) in [5.41, 5.74) is 0. The molecule has 1 atom stereocenters. The fourth-order valence-electron chi connectivity index (χ4n) is 0.497. The van der Waals surface area contributed by atoms with Crippen molar-refractivity contribution < 1.29 is 25.1 Å². The third-order valence-electron chi connectivity index (χ3n) is 1.35. The van der Waals surface area contributed by atoms with Crippen LogP contribution in [0.2, 0.25) is 0 Å². The monoisotopic (exact) mass is 210 g/mol. The number of aliphatic hydroxyl groups is 2. The van der Waals surface area contributed by atoms with Gasteiger partial charge in [-0.1, -0.05) is 13.3 Å². The Morgan fingerprint density at radius 3 is 2.14 bits per heavy atom. The van der Waals surface area contributed by atoms with Crippen LogP contribution in [0.1, 0.15) is 26.7 Å². The zero-order valence-electron chi connectivity index (χ0n) is 8.98. The summed E-state index contributed by atoms with van der Waals surface area (Å²) in [5, 5.41) is 24.3. The molecule has 14 heavy (non-hydrogen) atoms. The predicted octanol–water partition coefficient (Wildman–Crippen LogP) is 0.652. The third-order valence-corrected chi connectivity index (χ3v) is 1.35. The lowest BCUT2D eigenvalue weighted by molar-refractivity contribution is -0.251. The van der Waals surface area contributed by atoms with E-state index in [1.165, 1.54) is 0 Å². The topological polar surface area (TPSA) is 79.2 Å². The Bertz CT molecular complexity index is 87.3. The third kappa shape index (κ3) is 17.8. The van der Waals surface area contributed by atoms with Crippen LogP contribution in [0.5, 0.6) is 0 Å². The molecule has 88 valence electrons. The summed E-state index contributed by atoms with van der Waals surface area (Å²) in [6, 6.07) is 0. The van der Waals surface area contributed by atoms with Gasteiger partial charge in [-0.2, -0.15) is 0 Å². The van der Waals surface area contributed by atoms with E-state index in [1.807, 2.05) is 0 Å². The first-order chi connectivity index (χ1) is 6.72. The van der Waals surface area contributed by atoms with Crippen LogP contribution in [0, 0.1) is 0 Å². The minimum atomic E-state index is -0.180. The summed E-state index contributed by atoms with van der Waals surface area (Å²) in [6.45, 7) is 4.57. The van der Waals surface area contributed by atoms with Crippen LogP contribution in [-0.4, -0.2) is 48.0 Å². The zero-order valence-corrected chi connectivity index (χ0v) is 8.98. The number of hydrogen-bond donors (Lipinski definition) is 3. The van der Waals surface area contributed by atoms with E-state index in [0.717, 1.165) is 12.8 Å². The second-order valence-electron chi connectivity index (χ2n) is 2.77. The maximum Gasteiger partial charge on any atom is 0.105 e. The minimum Gasteiger partial charge on any atom is -0.396 e. The van der Waals surface area contributed by atoms with Gasteiger partial charge in [0.05, 0.1) is 19.3 Å². The molecule has 0 aromatic heterocycles. The van der Waals surface area contributed by atoms with Crippen LogP contribution < -0.4 is 0 Å². The summed E-state index contributed by atoms with van der Waals surface area (Å²) in [7, 11) is 0. The highest BCUT2D eigenvalue weighted by Gasteiger charge is 1.96. The standard InChI is InChI=1S/C5H12O4.C4H10O/c1-5(4-6)8-2-3-9-7;1-2-3-4-5/h5-7H,2-4H2,1H3;5H,2-4H2,1H3. The van der Waals surface area contributed by atoms with E-state index >= 15 is 0 Å². The summed E-state index contributed by atoms with van der Waals surface area (Å²) in [6.07, 6.45) is 1.86. The Morgan fingerprint density at radius 1 is 1.21 bits per heavy atom. The smallest absolute Gasteiger partial charge is 0.105 e. The first-order valence-electron chi connectivity index (χ1n) is 4.82. The zero-order chi connectivity index (χ0) is 11.2. The average Bonchev–Trinajstić information content (AvgIpc) is 2.20. The van der Waals surface area contributed by atoms with Crippen molar-refractivity contribution in [2.45, 2.75) is 32.8 Å². The molecule has 0 heterocycles. The lowest BCUT2D eigenvalue weighted by Gasteiger charge is -2.07. The molecule has 0 bridgehead atoms. The predicted molar refractivity (Wildman–Crippen MR) is 53.1 cm³/mol. The highest BCUT2D eigenvalue weighted by molar-refractivity contribution is 4.42. The van der Waals surface area contributed by atoms with E-state index in [4.69, 9.17) is 20.2 Å². The van der Waals surface area contributed by atoms with Gasteiger partial charge in [-0.15, -0.1) is 0 Å². The first kappa shape index (κ1) is 16.2. The van der Waals surface area contributed by atoms with Crippen molar-refractivity contribution in [3.8, 4) is 0 Å². The maximum absolute atomic E-state index is 8.41. The molecule has 1 unspecified atom stereocenters. The lowest BCUT2D eigenvalue weighted by Crippen LogP contribution is -2.15. The molecule has 3 N–H and O–H groups in total. The number of rotatable bonds is 7. The molecule has 0 radical (unpaired) electrons. The van der Waals surface area contributed by atoms with Gasteiger partial charge in [0.25, 0.3) is 0 Å². The number of ether oxygens (including phenoxy) is 1. The summed E-state index contributed by atoms with van der Waals surface area (Å²) >= 11 is 0. The van der Waals surface area contributed by atoms with Crippen LogP contribution in [0.15, 0.2) is 0 Å².